The van der Waals surface area contributed by atoms with E-state index in [1.807, 2.05) is 0 Å². The van der Waals surface area contributed by atoms with Gasteiger partial charge < -0.3 is 15.8 Å². The molecule has 1 amide bonds. The van der Waals surface area contributed by atoms with Crippen LogP contribution in [0, 0.1) is 0 Å². The van der Waals surface area contributed by atoms with E-state index in [9.17, 15) is 4.79 Å². The first kappa shape index (κ1) is 11.8. The summed E-state index contributed by atoms with van der Waals surface area (Å²) in [5.41, 5.74) is 5.41. The largest absolute Gasteiger partial charge is 0.379 e. The maximum absolute atomic E-state index is 11.5. The molecule has 0 atom stereocenters. The highest BCUT2D eigenvalue weighted by atomic mass is 16.6. The van der Waals surface area contributed by atoms with E-state index in [2.05, 4.69) is 20.3 Å². The molecule has 94 valence electrons. The number of nitrogens with one attached hydrogen (secondary N) is 1. The van der Waals surface area contributed by atoms with E-state index in [0.29, 0.717) is 19.3 Å². The lowest BCUT2D eigenvalue weighted by molar-refractivity contribution is 0.0580. The normalized spacial score (nSPS) is 16.2. The summed E-state index contributed by atoms with van der Waals surface area (Å²) in [5, 5.41) is 9.38. The number of anilines is 1. The highest BCUT2D eigenvalue weighted by molar-refractivity contribution is 5.95. The number of rotatable bonds is 5. The molecular weight excluding hydrogens is 224 g/mol. The summed E-state index contributed by atoms with van der Waals surface area (Å²) >= 11 is 0. The zero-order valence-electron chi connectivity index (χ0n) is 9.52. The summed E-state index contributed by atoms with van der Waals surface area (Å²) in [6.07, 6.45) is 5.06. The van der Waals surface area contributed by atoms with Gasteiger partial charge in [-0.15, -0.1) is 0 Å². The first-order valence-corrected chi connectivity index (χ1v) is 5.75. The molecule has 0 spiro atoms. The summed E-state index contributed by atoms with van der Waals surface area (Å²) in [4.78, 5) is 11.5. The Morgan fingerprint density at radius 2 is 2.24 bits per heavy atom. The van der Waals surface area contributed by atoms with Crippen LogP contribution < -0.4 is 11.1 Å². The zero-order chi connectivity index (χ0) is 12.1. The van der Waals surface area contributed by atoms with Crippen LogP contribution >= 0.6 is 0 Å². The Labute approximate surface area is 98.6 Å². The van der Waals surface area contributed by atoms with Crippen molar-refractivity contribution < 1.29 is 14.2 Å². The van der Waals surface area contributed by atoms with Crippen LogP contribution in [0.2, 0.25) is 0 Å². The second kappa shape index (κ2) is 5.62. The van der Waals surface area contributed by atoms with Gasteiger partial charge in [-0.25, -0.2) is 4.63 Å². The van der Waals surface area contributed by atoms with E-state index in [4.69, 9.17) is 10.5 Å². The average Bonchev–Trinajstić information content (AvgIpc) is 2.95. The van der Waals surface area contributed by atoms with Gasteiger partial charge in [0.15, 0.2) is 0 Å². The quantitative estimate of drug-likeness (QED) is 0.719. The Morgan fingerprint density at radius 3 is 2.88 bits per heavy atom. The molecule has 0 aliphatic heterocycles. The smallest absolute Gasteiger partial charge is 0.277 e. The molecule has 1 heterocycles. The van der Waals surface area contributed by atoms with Gasteiger partial charge in [-0.05, 0) is 23.2 Å². The van der Waals surface area contributed by atoms with Crippen LogP contribution in [0.3, 0.4) is 0 Å². The lowest BCUT2D eigenvalue weighted by atomic mass is 10.3. The van der Waals surface area contributed by atoms with Gasteiger partial charge in [-0.2, -0.15) is 0 Å². The number of nitrogens with two attached hydrogens (primary N) is 1. The fourth-order valence-corrected chi connectivity index (χ4v) is 1.88. The predicted molar refractivity (Wildman–Crippen MR) is 59.3 cm³/mol. The molecule has 1 aliphatic rings. The maximum atomic E-state index is 11.5. The molecule has 1 fully saturated rings. The van der Waals surface area contributed by atoms with Crippen molar-refractivity contribution in [3.8, 4) is 0 Å². The third kappa shape index (κ3) is 3.16. The van der Waals surface area contributed by atoms with Crippen LogP contribution in [-0.2, 0) is 4.74 Å². The second-order valence-electron chi connectivity index (χ2n) is 4.03. The fraction of sp³-hybridized carbons (Fsp3) is 0.700. The van der Waals surface area contributed by atoms with Gasteiger partial charge in [-0.3, -0.25) is 4.79 Å². The number of hydrogen-bond donors (Lipinski definition) is 2. The molecule has 1 aromatic heterocycles. The van der Waals surface area contributed by atoms with Crippen LogP contribution in [0.25, 0.3) is 0 Å². The van der Waals surface area contributed by atoms with Gasteiger partial charge in [0, 0.05) is 6.54 Å². The molecule has 0 aromatic carbocycles. The fourth-order valence-electron chi connectivity index (χ4n) is 1.88. The number of carbonyl (C=O) groups excluding carboxylic acids is 1. The van der Waals surface area contributed by atoms with Gasteiger partial charge in [0.1, 0.15) is 0 Å². The number of ether oxygens (including phenoxy) is 1. The maximum Gasteiger partial charge on any atom is 0.277 e. The molecule has 0 saturated heterocycles. The SMILES string of the molecule is Nc1nonc1C(=O)NCCOC1CCCC1. The number of nitrogen functional groups attached to an aromatic ring is 1. The van der Waals surface area contributed by atoms with Gasteiger partial charge in [0.05, 0.1) is 12.7 Å². The first-order chi connectivity index (χ1) is 8.27. The standard InChI is InChI=1S/C10H16N4O3/c11-9-8(13-17-14-9)10(15)12-5-6-16-7-3-1-2-4-7/h7H,1-6H2,(H2,11,14)(H,12,15). The lowest BCUT2D eigenvalue weighted by Crippen LogP contribution is -2.29. The second-order valence-corrected chi connectivity index (χ2v) is 4.03. The van der Waals surface area contributed by atoms with Crippen molar-refractivity contribution in [2.24, 2.45) is 0 Å². The van der Waals surface area contributed by atoms with Gasteiger partial charge in [0.25, 0.3) is 5.91 Å². The lowest BCUT2D eigenvalue weighted by Gasteiger charge is -2.10. The molecule has 0 bridgehead atoms. The molecule has 1 aliphatic carbocycles. The van der Waals surface area contributed by atoms with Crippen molar-refractivity contribution in [1.29, 1.82) is 0 Å². The molecule has 1 saturated carbocycles. The van der Waals surface area contributed by atoms with Crippen LogP contribution in [0.1, 0.15) is 36.2 Å². The first-order valence-electron chi connectivity index (χ1n) is 5.75. The highest BCUT2D eigenvalue weighted by Crippen LogP contribution is 2.20. The minimum Gasteiger partial charge on any atom is -0.379 e. The number of hydrogen-bond acceptors (Lipinski definition) is 6. The number of aromatic nitrogens is 2. The van der Waals surface area contributed by atoms with Crippen LogP contribution in [0.5, 0.6) is 0 Å². The van der Waals surface area contributed by atoms with Gasteiger partial charge in [-0.1, -0.05) is 12.8 Å². The molecule has 17 heavy (non-hydrogen) atoms. The number of nitrogens with zero attached hydrogens (tertiary/aromatic N) is 2. The molecule has 2 rings (SSSR count). The van der Waals surface area contributed by atoms with E-state index in [0.717, 1.165) is 12.8 Å². The summed E-state index contributed by atoms with van der Waals surface area (Å²) in [5.74, 6) is -0.391. The minimum absolute atomic E-state index is 0.000730. The highest BCUT2D eigenvalue weighted by Gasteiger charge is 2.17. The Kier molecular flexibility index (Phi) is 3.92. The molecule has 7 nitrogen and oxygen atoms in total. The third-order valence-electron chi connectivity index (χ3n) is 2.77. The van der Waals surface area contributed by atoms with Crippen molar-refractivity contribution in [3.05, 3.63) is 5.69 Å². The van der Waals surface area contributed by atoms with Crippen molar-refractivity contribution in [1.82, 2.24) is 15.6 Å². The van der Waals surface area contributed by atoms with E-state index in [-0.39, 0.29) is 11.5 Å². The summed E-state index contributed by atoms with van der Waals surface area (Å²) < 4.78 is 9.93. The number of amides is 1. The predicted octanol–water partition coefficient (Wildman–Crippen LogP) is 0.341. The molecule has 0 unspecified atom stereocenters. The average molecular weight is 240 g/mol. The van der Waals surface area contributed by atoms with Crippen molar-refractivity contribution in [2.45, 2.75) is 31.8 Å². The monoisotopic (exact) mass is 240 g/mol. The van der Waals surface area contributed by atoms with Gasteiger partial charge >= 0.3 is 0 Å². The molecule has 7 heteroatoms. The Balaban J connectivity index is 1.65. The number of carbonyl (C=O) groups is 1. The van der Waals surface area contributed by atoms with E-state index >= 15 is 0 Å². The zero-order valence-corrected chi connectivity index (χ0v) is 9.52. The Bertz CT molecular complexity index is 373. The van der Waals surface area contributed by atoms with Crippen molar-refractivity contribution in [3.63, 3.8) is 0 Å². The Hall–Kier alpha value is -1.63. The van der Waals surface area contributed by atoms with Crippen molar-refractivity contribution in [2.75, 3.05) is 18.9 Å². The summed E-state index contributed by atoms with van der Waals surface area (Å²) in [6, 6.07) is 0. The molecule has 1 aromatic rings. The topological polar surface area (TPSA) is 103 Å². The van der Waals surface area contributed by atoms with Crippen molar-refractivity contribution >= 4 is 11.7 Å². The molecule has 0 radical (unpaired) electrons. The van der Waals surface area contributed by atoms with Crippen LogP contribution in [-0.4, -0.2) is 35.5 Å². The van der Waals surface area contributed by atoms with Crippen LogP contribution in [0.4, 0.5) is 5.82 Å². The third-order valence-corrected chi connectivity index (χ3v) is 2.77. The molecule has 3 N–H and O–H groups in total. The van der Waals surface area contributed by atoms with E-state index in [1.165, 1.54) is 12.8 Å². The molecular formula is C10H16N4O3. The van der Waals surface area contributed by atoms with E-state index < -0.39 is 5.91 Å². The minimum atomic E-state index is -0.390. The summed E-state index contributed by atoms with van der Waals surface area (Å²) in [7, 11) is 0. The summed E-state index contributed by atoms with van der Waals surface area (Å²) in [6.45, 7) is 0.934. The van der Waals surface area contributed by atoms with Gasteiger partial charge in [0.2, 0.25) is 11.5 Å². The van der Waals surface area contributed by atoms with Crippen LogP contribution in [0.15, 0.2) is 4.63 Å². The Morgan fingerprint density at radius 1 is 1.47 bits per heavy atom. The van der Waals surface area contributed by atoms with E-state index in [1.54, 1.807) is 0 Å².